The first kappa shape index (κ1) is 17.0. The quantitative estimate of drug-likeness (QED) is 0.749. The summed E-state index contributed by atoms with van der Waals surface area (Å²) in [6, 6.07) is 7.64. The van der Waals surface area contributed by atoms with Crippen LogP contribution in [0, 0.1) is 5.92 Å². The van der Waals surface area contributed by atoms with Crippen molar-refractivity contribution in [3.05, 3.63) is 29.8 Å². The van der Waals surface area contributed by atoms with Crippen LogP contribution in [0.4, 0.5) is 0 Å². The third kappa shape index (κ3) is 5.80. The highest BCUT2D eigenvalue weighted by Gasteiger charge is 2.15. The minimum Gasteiger partial charge on any atom is -0.494 e. The summed E-state index contributed by atoms with van der Waals surface area (Å²) >= 11 is 0. The number of nitrogens with one attached hydrogen (secondary N) is 1. The third-order valence-corrected chi connectivity index (χ3v) is 4.41. The fourth-order valence-corrected chi connectivity index (χ4v) is 2.89. The van der Waals surface area contributed by atoms with Gasteiger partial charge >= 0.3 is 0 Å². The lowest BCUT2D eigenvalue weighted by molar-refractivity contribution is -0.904. The van der Waals surface area contributed by atoms with Crippen molar-refractivity contribution in [2.24, 2.45) is 5.92 Å². The van der Waals surface area contributed by atoms with Crippen LogP contribution in [-0.2, 0) is 0 Å². The Labute approximate surface area is 134 Å². The molecule has 3 heteroatoms. The molecule has 0 unspecified atom stereocenters. The van der Waals surface area contributed by atoms with Gasteiger partial charge < -0.3 is 9.64 Å². The molecule has 0 amide bonds. The van der Waals surface area contributed by atoms with Crippen LogP contribution in [0.1, 0.15) is 56.3 Å². The van der Waals surface area contributed by atoms with Gasteiger partial charge in [-0.1, -0.05) is 13.8 Å². The molecule has 2 rings (SSSR count). The number of likely N-dealkylation sites (tertiary alicyclic amines) is 1. The molecular weight excluding hydrogens is 274 g/mol. The standard InChI is InChI=1S/C19H29NO2/c1-16(2)11-15-22-18-8-6-17(7-9-18)19(21)10-14-20-12-4-3-5-13-20/h6-9,16H,3-5,10-15H2,1-2H3/p+1. The lowest BCUT2D eigenvalue weighted by atomic mass is 10.1. The summed E-state index contributed by atoms with van der Waals surface area (Å²) in [6.45, 7) is 8.56. The number of benzene rings is 1. The number of ether oxygens (including phenoxy) is 1. The van der Waals surface area contributed by atoms with Crippen molar-refractivity contribution in [1.82, 2.24) is 0 Å². The van der Waals surface area contributed by atoms with Crippen LogP contribution in [0.15, 0.2) is 24.3 Å². The summed E-state index contributed by atoms with van der Waals surface area (Å²) in [5, 5.41) is 0. The molecule has 1 fully saturated rings. The summed E-state index contributed by atoms with van der Waals surface area (Å²) < 4.78 is 5.69. The predicted octanol–water partition coefficient (Wildman–Crippen LogP) is 2.75. The highest BCUT2D eigenvalue weighted by atomic mass is 16.5. The third-order valence-electron chi connectivity index (χ3n) is 4.41. The lowest BCUT2D eigenvalue weighted by Gasteiger charge is -2.23. The zero-order chi connectivity index (χ0) is 15.8. The number of piperidine rings is 1. The molecule has 0 aromatic heterocycles. The second kappa shape index (κ2) is 8.94. The Morgan fingerprint density at radius 3 is 2.45 bits per heavy atom. The first-order chi connectivity index (χ1) is 10.6. The highest BCUT2D eigenvalue weighted by Crippen LogP contribution is 2.14. The summed E-state index contributed by atoms with van der Waals surface area (Å²) in [5.74, 6) is 1.77. The monoisotopic (exact) mass is 304 g/mol. The van der Waals surface area contributed by atoms with Gasteiger partial charge in [0, 0.05) is 5.56 Å². The molecule has 1 N–H and O–H groups in total. The molecular formula is C19H30NO2+. The Hall–Kier alpha value is -1.35. The molecule has 1 aromatic carbocycles. The van der Waals surface area contributed by atoms with Gasteiger partial charge in [0.1, 0.15) is 5.75 Å². The van der Waals surface area contributed by atoms with Gasteiger partial charge in [0.2, 0.25) is 0 Å². The average molecular weight is 304 g/mol. The van der Waals surface area contributed by atoms with E-state index >= 15 is 0 Å². The van der Waals surface area contributed by atoms with E-state index in [1.165, 1.54) is 32.4 Å². The predicted molar refractivity (Wildman–Crippen MR) is 89.8 cm³/mol. The molecule has 1 aromatic rings. The number of rotatable bonds is 8. The van der Waals surface area contributed by atoms with Crippen molar-refractivity contribution in [2.45, 2.75) is 46.0 Å². The second-order valence-corrected chi connectivity index (χ2v) is 6.79. The van der Waals surface area contributed by atoms with Crippen LogP contribution in [-0.4, -0.2) is 32.0 Å². The molecule has 122 valence electrons. The van der Waals surface area contributed by atoms with Gasteiger partial charge in [-0.3, -0.25) is 4.79 Å². The van der Waals surface area contributed by atoms with Gasteiger partial charge in [0.25, 0.3) is 0 Å². The van der Waals surface area contributed by atoms with Crippen LogP contribution >= 0.6 is 0 Å². The Bertz CT molecular complexity index is 447. The van der Waals surface area contributed by atoms with E-state index in [1.54, 1.807) is 4.90 Å². The zero-order valence-electron chi connectivity index (χ0n) is 14.1. The van der Waals surface area contributed by atoms with Crippen LogP contribution in [0.5, 0.6) is 5.75 Å². The number of ketones is 1. The van der Waals surface area contributed by atoms with Gasteiger partial charge in [-0.15, -0.1) is 0 Å². The topological polar surface area (TPSA) is 30.7 Å². The fourth-order valence-electron chi connectivity index (χ4n) is 2.89. The zero-order valence-corrected chi connectivity index (χ0v) is 14.1. The molecule has 0 saturated carbocycles. The van der Waals surface area contributed by atoms with Crippen molar-refractivity contribution < 1.29 is 14.4 Å². The maximum Gasteiger partial charge on any atom is 0.168 e. The van der Waals surface area contributed by atoms with Crippen molar-refractivity contribution in [2.75, 3.05) is 26.2 Å². The normalized spacial score (nSPS) is 16.0. The smallest absolute Gasteiger partial charge is 0.168 e. The van der Waals surface area contributed by atoms with E-state index in [2.05, 4.69) is 13.8 Å². The molecule has 0 radical (unpaired) electrons. The SMILES string of the molecule is CC(C)CCOc1ccc(C(=O)CC[NH+]2CCCCC2)cc1. The largest absolute Gasteiger partial charge is 0.494 e. The van der Waals surface area contributed by atoms with Gasteiger partial charge in [0.05, 0.1) is 32.7 Å². The number of hydrogen-bond donors (Lipinski definition) is 1. The Kier molecular flexibility index (Phi) is 6.91. The molecule has 1 saturated heterocycles. The fraction of sp³-hybridized carbons (Fsp3) is 0.632. The number of quaternary nitrogens is 1. The number of hydrogen-bond acceptors (Lipinski definition) is 2. The lowest BCUT2D eigenvalue weighted by Crippen LogP contribution is -3.12. The molecule has 1 aliphatic rings. The van der Waals surface area contributed by atoms with Crippen molar-refractivity contribution in [3.63, 3.8) is 0 Å². The summed E-state index contributed by atoms with van der Waals surface area (Å²) in [7, 11) is 0. The molecule has 22 heavy (non-hydrogen) atoms. The Morgan fingerprint density at radius 2 is 1.82 bits per heavy atom. The number of carbonyl (C=O) groups excluding carboxylic acids is 1. The van der Waals surface area contributed by atoms with Gasteiger partial charge in [-0.05, 0) is 55.9 Å². The van der Waals surface area contributed by atoms with E-state index in [0.717, 1.165) is 30.9 Å². The van der Waals surface area contributed by atoms with E-state index in [-0.39, 0.29) is 5.78 Å². The van der Waals surface area contributed by atoms with Crippen molar-refractivity contribution >= 4 is 5.78 Å². The molecule has 0 atom stereocenters. The maximum atomic E-state index is 12.2. The van der Waals surface area contributed by atoms with Crippen LogP contribution in [0.25, 0.3) is 0 Å². The van der Waals surface area contributed by atoms with E-state index in [9.17, 15) is 4.79 Å². The first-order valence-corrected chi connectivity index (χ1v) is 8.75. The van der Waals surface area contributed by atoms with E-state index in [4.69, 9.17) is 4.74 Å². The minimum atomic E-state index is 0.256. The summed E-state index contributed by atoms with van der Waals surface area (Å²) in [6.07, 6.45) is 5.69. The van der Waals surface area contributed by atoms with Crippen LogP contribution < -0.4 is 9.64 Å². The van der Waals surface area contributed by atoms with E-state index in [0.29, 0.717) is 12.3 Å². The summed E-state index contributed by atoms with van der Waals surface area (Å²) in [5.41, 5.74) is 0.813. The second-order valence-electron chi connectivity index (χ2n) is 6.79. The maximum absolute atomic E-state index is 12.2. The van der Waals surface area contributed by atoms with E-state index < -0.39 is 0 Å². The average Bonchev–Trinajstić information content (AvgIpc) is 2.54. The Balaban J connectivity index is 1.75. The highest BCUT2D eigenvalue weighted by molar-refractivity contribution is 5.96. The van der Waals surface area contributed by atoms with E-state index in [1.807, 2.05) is 24.3 Å². The molecule has 0 bridgehead atoms. The summed E-state index contributed by atoms with van der Waals surface area (Å²) in [4.78, 5) is 13.8. The number of Topliss-reactive ketones (excluding diaryl/α,β-unsaturated/α-hetero) is 1. The molecule has 0 spiro atoms. The van der Waals surface area contributed by atoms with Crippen molar-refractivity contribution in [1.29, 1.82) is 0 Å². The van der Waals surface area contributed by atoms with Gasteiger partial charge in [-0.25, -0.2) is 0 Å². The van der Waals surface area contributed by atoms with Crippen LogP contribution in [0.2, 0.25) is 0 Å². The molecule has 0 aliphatic carbocycles. The van der Waals surface area contributed by atoms with Crippen molar-refractivity contribution in [3.8, 4) is 5.75 Å². The van der Waals surface area contributed by atoms with Gasteiger partial charge in [0.15, 0.2) is 5.78 Å². The molecule has 1 heterocycles. The Morgan fingerprint density at radius 1 is 1.14 bits per heavy atom. The van der Waals surface area contributed by atoms with Gasteiger partial charge in [-0.2, -0.15) is 0 Å². The minimum absolute atomic E-state index is 0.256. The van der Waals surface area contributed by atoms with Crippen LogP contribution in [0.3, 0.4) is 0 Å². The molecule has 3 nitrogen and oxygen atoms in total. The first-order valence-electron chi connectivity index (χ1n) is 8.75. The number of carbonyl (C=O) groups is 1. The molecule has 1 aliphatic heterocycles.